The average Bonchev–Trinajstić information content (AvgIpc) is 2.92. The lowest BCUT2D eigenvalue weighted by Gasteiger charge is -2.26. The number of nitrogens with one attached hydrogen (secondary N) is 2. The molecule has 14 heteroatoms. The van der Waals surface area contributed by atoms with Crippen molar-refractivity contribution < 1.29 is 39.3 Å². The summed E-state index contributed by atoms with van der Waals surface area (Å²) >= 11 is 0. The molecule has 2 aromatic carbocycles. The number of aromatic hydroxyl groups is 1. The highest BCUT2D eigenvalue weighted by atomic mass is 16.4. The Labute approximate surface area is 228 Å². The molecule has 0 spiro atoms. The highest BCUT2D eigenvalue weighted by molar-refractivity contribution is 6.37. The Morgan fingerprint density at radius 1 is 0.756 bits per heavy atom. The fourth-order valence-electron chi connectivity index (χ4n) is 3.71. The maximum absolute atomic E-state index is 12.9. The first-order chi connectivity index (χ1) is 19.5. The Hall–Kier alpha value is -6.31. The second-order valence-electron chi connectivity index (χ2n) is 8.26. The summed E-state index contributed by atoms with van der Waals surface area (Å²) in [5.74, 6) is -5.06. The average molecular weight is 558 g/mol. The van der Waals surface area contributed by atoms with Gasteiger partial charge in [-0.3, -0.25) is 24.7 Å². The van der Waals surface area contributed by atoms with E-state index in [2.05, 4.69) is 0 Å². The third-order valence-electron chi connectivity index (χ3n) is 5.72. The molecule has 0 aliphatic carbocycles. The SMILES string of the molecule is O=C1NC(=O)N(c2ccc(C(=O)O)cc2)C(=O)\C1=C/C=C/C=C/c1c(O)n(-c2ccc(C(=O)O)cc2)c(=O)[nH]c1=O. The van der Waals surface area contributed by atoms with Crippen LogP contribution in [0.2, 0.25) is 0 Å². The van der Waals surface area contributed by atoms with Gasteiger partial charge in [-0.25, -0.2) is 28.6 Å². The maximum atomic E-state index is 12.9. The Kier molecular flexibility index (Phi) is 7.57. The number of benzene rings is 2. The third kappa shape index (κ3) is 5.61. The zero-order valence-electron chi connectivity index (χ0n) is 20.6. The van der Waals surface area contributed by atoms with E-state index in [1.165, 1.54) is 66.8 Å². The topological polar surface area (TPSA) is 216 Å². The molecule has 4 amide bonds. The summed E-state index contributed by atoms with van der Waals surface area (Å²) in [6.45, 7) is 0. The number of carbonyl (C=O) groups excluding carboxylic acids is 3. The molecule has 3 aromatic rings. The molecular formula is C27H18N4O10. The van der Waals surface area contributed by atoms with Crippen LogP contribution in [0.15, 0.2) is 88.0 Å². The zero-order valence-corrected chi connectivity index (χ0v) is 20.6. The third-order valence-corrected chi connectivity index (χ3v) is 5.72. The number of hydrogen-bond donors (Lipinski definition) is 5. The molecule has 1 aromatic heterocycles. The van der Waals surface area contributed by atoms with Crippen LogP contribution in [0.25, 0.3) is 11.8 Å². The van der Waals surface area contributed by atoms with Crippen molar-refractivity contribution in [1.29, 1.82) is 0 Å². The van der Waals surface area contributed by atoms with Crippen LogP contribution in [0.3, 0.4) is 0 Å². The maximum Gasteiger partial charge on any atom is 0.335 e. The number of rotatable bonds is 7. The molecule has 1 aliphatic rings. The normalized spacial score (nSPS) is 14.7. The number of amides is 4. The van der Waals surface area contributed by atoms with E-state index in [0.717, 1.165) is 16.7 Å². The lowest BCUT2D eigenvalue weighted by molar-refractivity contribution is -0.122. The monoisotopic (exact) mass is 558 g/mol. The Morgan fingerprint density at radius 3 is 1.88 bits per heavy atom. The second-order valence-corrected chi connectivity index (χ2v) is 8.26. The van der Waals surface area contributed by atoms with Crippen molar-refractivity contribution in [3.05, 3.63) is 116 Å². The van der Waals surface area contributed by atoms with E-state index in [4.69, 9.17) is 10.2 Å². The zero-order chi connectivity index (χ0) is 29.8. The molecular weight excluding hydrogens is 540 g/mol. The van der Waals surface area contributed by atoms with E-state index in [1.807, 2.05) is 10.3 Å². The highest BCUT2D eigenvalue weighted by Crippen LogP contribution is 2.22. The standard InChI is InChI=1S/C27H18N4O10/c32-20-18(22(34)30(26(40)28-20)16-10-6-14(7-11-16)24(36)37)4-2-1-3-5-19-21(33)29-27(41)31(23(19)35)17-12-8-15(9-13-17)25(38)39/h1-13,34H,(H,36,37)(H,38,39)(H,28,32,40)(H,29,33,41)/b3-1+,4-2+,19-5-. The van der Waals surface area contributed by atoms with Gasteiger partial charge in [0.1, 0.15) is 11.1 Å². The molecule has 14 nitrogen and oxygen atoms in total. The van der Waals surface area contributed by atoms with Crippen LogP contribution >= 0.6 is 0 Å². The van der Waals surface area contributed by atoms with Gasteiger partial charge in [0.2, 0.25) is 5.88 Å². The van der Waals surface area contributed by atoms with E-state index in [0.29, 0.717) is 4.90 Å². The lowest BCUT2D eigenvalue weighted by atomic mass is 10.1. The molecule has 0 radical (unpaired) electrons. The molecule has 41 heavy (non-hydrogen) atoms. The van der Waals surface area contributed by atoms with Gasteiger partial charge in [0.05, 0.1) is 22.5 Å². The van der Waals surface area contributed by atoms with Crippen molar-refractivity contribution in [3.63, 3.8) is 0 Å². The van der Waals surface area contributed by atoms with Crippen LogP contribution in [0.1, 0.15) is 26.3 Å². The summed E-state index contributed by atoms with van der Waals surface area (Å²) in [6.07, 6.45) is 6.06. The number of H-pyrrole nitrogens is 1. The molecule has 1 saturated heterocycles. The number of urea groups is 1. The van der Waals surface area contributed by atoms with Crippen LogP contribution < -0.4 is 21.5 Å². The van der Waals surface area contributed by atoms with Gasteiger partial charge < -0.3 is 15.3 Å². The molecule has 0 bridgehead atoms. The number of aromatic amines is 1. The first-order valence-electron chi connectivity index (χ1n) is 11.5. The van der Waals surface area contributed by atoms with Gasteiger partial charge in [0.15, 0.2) is 0 Å². The molecule has 1 fully saturated rings. The van der Waals surface area contributed by atoms with Crippen molar-refractivity contribution in [1.82, 2.24) is 14.9 Å². The predicted molar refractivity (Wildman–Crippen MR) is 142 cm³/mol. The fraction of sp³-hybridized carbons (Fsp3) is 0. The molecule has 4 rings (SSSR count). The number of hydrogen-bond acceptors (Lipinski definition) is 8. The lowest BCUT2D eigenvalue weighted by Crippen LogP contribution is -2.54. The van der Waals surface area contributed by atoms with Crippen molar-refractivity contribution in [2.24, 2.45) is 0 Å². The van der Waals surface area contributed by atoms with E-state index in [1.54, 1.807) is 0 Å². The van der Waals surface area contributed by atoms with Crippen LogP contribution in [-0.4, -0.2) is 54.7 Å². The van der Waals surface area contributed by atoms with Crippen molar-refractivity contribution in [2.75, 3.05) is 4.90 Å². The van der Waals surface area contributed by atoms with Crippen molar-refractivity contribution in [2.45, 2.75) is 0 Å². The molecule has 2 heterocycles. The van der Waals surface area contributed by atoms with Gasteiger partial charge in [0.25, 0.3) is 17.4 Å². The summed E-state index contributed by atoms with van der Waals surface area (Å²) in [4.78, 5) is 86.8. The molecule has 0 atom stereocenters. The highest BCUT2D eigenvalue weighted by Gasteiger charge is 2.36. The van der Waals surface area contributed by atoms with Crippen molar-refractivity contribution >= 4 is 41.5 Å². The number of carbonyl (C=O) groups is 5. The first-order valence-corrected chi connectivity index (χ1v) is 11.5. The minimum Gasteiger partial charge on any atom is -0.494 e. The van der Waals surface area contributed by atoms with Gasteiger partial charge in [-0.15, -0.1) is 0 Å². The fourth-order valence-corrected chi connectivity index (χ4v) is 3.71. The van der Waals surface area contributed by atoms with E-state index in [-0.39, 0.29) is 28.1 Å². The summed E-state index contributed by atoms with van der Waals surface area (Å²) in [5.41, 5.74) is -2.64. The quantitative estimate of drug-likeness (QED) is 0.160. The molecule has 0 unspecified atom stereocenters. The van der Waals surface area contributed by atoms with E-state index in [9.17, 15) is 38.7 Å². The Morgan fingerprint density at radius 2 is 1.32 bits per heavy atom. The molecule has 1 aliphatic heterocycles. The summed E-state index contributed by atoms with van der Waals surface area (Å²) in [5, 5.41) is 30.7. The smallest absolute Gasteiger partial charge is 0.335 e. The number of carboxylic acids is 2. The number of allylic oxidation sites excluding steroid dienone is 4. The molecule has 5 N–H and O–H groups in total. The first kappa shape index (κ1) is 27.7. The van der Waals surface area contributed by atoms with E-state index < -0.39 is 52.5 Å². The Bertz CT molecular complexity index is 1810. The number of nitrogens with zero attached hydrogens (tertiary/aromatic N) is 2. The second kappa shape index (κ2) is 11.2. The van der Waals surface area contributed by atoms with Crippen LogP contribution in [0, 0.1) is 0 Å². The van der Waals surface area contributed by atoms with Gasteiger partial charge in [-0.2, -0.15) is 0 Å². The van der Waals surface area contributed by atoms with Crippen molar-refractivity contribution in [3.8, 4) is 11.6 Å². The van der Waals surface area contributed by atoms with Crippen LogP contribution in [0.4, 0.5) is 10.5 Å². The summed E-state index contributed by atoms with van der Waals surface area (Å²) < 4.78 is 0.762. The minimum atomic E-state index is -1.21. The number of imide groups is 2. The van der Waals surface area contributed by atoms with Crippen LogP contribution in [0.5, 0.6) is 5.88 Å². The number of carboxylic acid groups (broad SMARTS) is 2. The van der Waals surface area contributed by atoms with Gasteiger partial charge >= 0.3 is 23.7 Å². The summed E-state index contributed by atoms with van der Waals surface area (Å²) in [6, 6.07) is 8.78. The summed E-state index contributed by atoms with van der Waals surface area (Å²) in [7, 11) is 0. The van der Waals surface area contributed by atoms with Gasteiger partial charge in [0, 0.05) is 0 Å². The molecule has 206 valence electrons. The predicted octanol–water partition coefficient (Wildman–Crippen LogP) is 1.41. The Balaban J connectivity index is 1.58. The number of aromatic nitrogens is 2. The van der Waals surface area contributed by atoms with Gasteiger partial charge in [-0.05, 0) is 60.7 Å². The number of aromatic carboxylic acids is 2. The molecule has 0 saturated carbocycles. The number of barbiturate groups is 1. The van der Waals surface area contributed by atoms with Crippen LogP contribution in [-0.2, 0) is 9.59 Å². The minimum absolute atomic E-state index is 0.0298. The van der Waals surface area contributed by atoms with Gasteiger partial charge in [-0.1, -0.05) is 18.2 Å². The largest absolute Gasteiger partial charge is 0.494 e. The van der Waals surface area contributed by atoms with E-state index >= 15 is 0 Å². The number of anilines is 1.